The van der Waals surface area contributed by atoms with E-state index in [1.807, 2.05) is 12.1 Å². The second kappa shape index (κ2) is 28.9. The number of aryl methyl sites for hydroxylation is 5. The quantitative estimate of drug-likeness (QED) is 0.0668. The van der Waals surface area contributed by atoms with Crippen molar-refractivity contribution in [3.63, 3.8) is 0 Å². The summed E-state index contributed by atoms with van der Waals surface area (Å²) in [5.41, 5.74) is 19.4. The number of hydrogen-bond donors (Lipinski definition) is 1. The van der Waals surface area contributed by atoms with Gasteiger partial charge in [0.05, 0.1) is 0 Å². The zero-order valence-electron chi connectivity index (χ0n) is 49.4. The largest absolute Gasteiger partial charge is 0.463 e. The van der Waals surface area contributed by atoms with Gasteiger partial charge in [0.25, 0.3) is 6.47 Å². The van der Waals surface area contributed by atoms with Gasteiger partial charge < -0.3 is 9.84 Å². The molecule has 2 saturated carbocycles. The number of aliphatic hydroxyl groups is 1. The van der Waals surface area contributed by atoms with E-state index in [4.69, 9.17) is 14.3 Å². The maximum atomic E-state index is 11.0. The highest BCUT2D eigenvalue weighted by Crippen LogP contribution is 2.43. The van der Waals surface area contributed by atoms with Crippen molar-refractivity contribution < 1.29 is 24.2 Å². The molecule has 6 aromatic carbocycles. The van der Waals surface area contributed by atoms with Crippen molar-refractivity contribution in [2.24, 2.45) is 5.41 Å². The molecule has 414 valence electrons. The Bertz CT molecular complexity index is 3100. The zero-order valence-corrected chi connectivity index (χ0v) is 49.4. The third-order valence-electron chi connectivity index (χ3n) is 17.9. The number of carbonyl (C=O) groups excluding carboxylic acids is 3. The molecular formula is C74H88O5. The molecule has 0 spiro atoms. The van der Waals surface area contributed by atoms with Gasteiger partial charge in [-0.25, -0.2) is 0 Å². The van der Waals surface area contributed by atoms with Crippen molar-refractivity contribution in [3.8, 4) is 45.9 Å². The predicted octanol–water partition coefficient (Wildman–Crippen LogP) is 18.0. The smallest absolute Gasteiger partial charge is 0.373 e. The van der Waals surface area contributed by atoms with Crippen molar-refractivity contribution >= 4 is 12.6 Å². The van der Waals surface area contributed by atoms with Gasteiger partial charge in [-0.2, -0.15) is 9.59 Å². The van der Waals surface area contributed by atoms with Gasteiger partial charge in [0.1, 0.15) is 12.2 Å². The van der Waals surface area contributed by atoms with Gasteiger partial charge in [-0.05, 0) is 195 Å². The highest BCUT2D eigenvalue weighted by molar-refractivity contribution is 5.70. The molecule has 5 heteroatoms. The van der Waals surface area contributed by atoms with Crippen LogP contribution in [-0.4, -0.2) is 23.3 Å². The summed E-state index contributed by atoms with van der Waals surface area (Å²) >= 11 is 0. The van der Waals surface area contributed by atoms with Crippen molar-refractivity contribution in [2.45, 2.75) is 201 Å². The van der Waals surface area contributed by atoms with E-state index in [0.29, 0.717) is 13.1 Å². The number of carbonyl (C=O) groups is 1. The van der Waals surface area contributed by atoms with E-state index in [2.05, 4.69) is 202 Å². The molecule has 0 bridgehead atoms. The van der Waals surface area contributed by atoms with Crippen LogP contribution in [-0.2, 0) is 43.0 Å². The van der Waals surface area contributed by atoms with E-state index in [-0.39, 0.29) is 22.4 Å². The van der Waals surface area contributed by atoms with Gasteiger partial charge >= 0.3 is 6.15 Å². The Labute approximate surface area is 475 Å². The fraction of sp³-hybridized carbons (Fsp3) is 0.432. The summed E-state index contributed by atoms with van der Waals surface area (Å²) < 4.78 is 4.88. The van der Waals surface area contributed by atoms with Crippen LogP contribution in [0.1, 0.15) is 211 Å². The van der Waals surface area contributed by atoms with E-state index in [1.54, 1.807) is 0 Å². The van der Waals surface area contributed by atoms with Crippen molar-refractivity contribution in [2.75, 3.05) is 0 Å². The van der Waals surface area contributed by atoms with Gasteiger partial charge in [-0.1, -0.05) is 206 Å². The third-order valence-corrected chi connectivity index (χ3v) is 17.9. The first-order valence-electron chi connectivity index (χ1n) is 29.6. The fourth-order valence-electron chi connectivity index (χ4n) is 12.5. The number of ether oxygens (including phenoxy) is 1. The van der Waals surface area contributed by atoms with Gasteiger partial charge in [-0.3, -0.25) is 4.79 Å². The average molecular weight is 1060 g/mol. The molecule has 0 amide bonds. The Kier molecular flexibility index (Phi) is 22.5. The Hall–Kier alpha value is -6.75. The Balaban J connectivity index is 0.000000243. The van der Waals surface area contributed by atoms with Gasteiger partial charge in [0.2, 0.25) is 0 Å². The lowest BCUT2D eigenvalue weighted by Gasteiger charge is -2.34. The lowest BCUT2D eigenvalue weighted by atomic mass is 9.69. The van der Waals surface area contributed by atoms with Crippen molar-refractivity contribution in [1.29, 1.82) is 0 Å². The van der Waals surface area contributed by atoms with E-state index < -0.39 is 5.60 Å². The summed E-state index contributed by atoms with van der Waals surface area (Å²) in [6.07, 6.45) is 19.4. The molecule has 0 radical (unpaired) electrons. The van der Waals surface area contributed by atoms with Crippen LogP contribution in [0.2, 0.25) is 0 Å². The highest BCUT2D eigenvalue weighted by Gasteiger charge is 2.33. The van der Waals surface area contributed by atoms with Crippen LogP contribution in [0.15, 0.2) is 121 Å². The SMILES string of the molecule is CCC(CC)(c1ccc(C#CC2(O)CCCCCC2)c(C)c1)c1ccc(-c2ccc(COC=O)cc2)c(C)c1.CCc1ccc(-c2ccc(C(CC)(CC)c3ccc(C#CC4(C)CCCCCC4)c(C)c3)cc2C)cc1.O=C=O. The lowest BCUT2D eigenvalue weighted by Crippen LogP contribution is -2.26. The second-order valence-electron chi connectivity index (χ2n) is 22.9. The summed E-state index contributed by atoms with van der Waals surface area (Å²) in [7, 11) is 0. The molecule has 0 atom stereocenters. The molecule has 2 aliphatic rings. The van der Waals surface area contributed by atoms with Gasteiger partial charge in [0.15, 0.2) is 0 Å². The highest BCUT2D eigenvalue weighted by atomic mass is 16.5. The normalized spacial score (nSPS) is 14.8. The van der Waals surface area contributed by atoms with Crippen LogP contribution >= 0.6 is 0 Å². The Morgan fingerprint density at radius 2 is 0.861 bits per heavy atom. The van der Waals surface area contributed by atoms with Crippen LogP contribution in [0.3, 0.4) is 0 Å². The maximum absolute atomic E-state index is 11.0. The molecule has 0 saturated heterocycles. The van der Waals surface area contributed by atoms with Crippen LogP contribution in [0.5, 0.6) is 0 Å². The molecule has 6 aromatic rings. The minimum atomic E-state index is -0.846. The van der Waals surface area contributed by atoms with E-state index in [0.717, 1.165) is 80.0 Å². The van der Waals surface area contributed by atoms with Gasteiger partial charge in [-0.15, -0.1) is 0 Å². The monoisotopic (exact) mass is 1060 g/mol. The standard InChI is InChI=1S/C37H46.C36H42O3.CO2/c1-7-30-14-16-32(17-15-30)35-21-20-34(27-29(35)5)37(8-2,9-3)33-19-18-31(28(4)26-33)22-25-36(6)23-12-10-11-13-24-36;1-5-36(6-2,32-16-15-30(27(3)23-32)19-22-35(38)20-9-7-8-10-21-35)33-17-18-34(28(4)24-33)31-13-11-29(12-14-31)25-39-26-37;2-1-3/h14-21,26-27H,7-13,23-24H2,1-6H3;11-18,23-24,26,38H,5-10,20-21,25H2,1-4H3;. The molecule has 0 aliphatic heterocycles. The molecule has 2 aliphatic carbocycles. The van der Waals surface area contributed by atoms with E-state index in [9.17, 15) is 9.90 Å². The lowest BCUT2D eigenvalue weighted by molar-refractivity contribution is -0.191. The van der Waals surface area contributed by atoms with Crippen molar-refractivity contribution in [3.05, 3.63) is 188 Å². The first kappa shape index (κ1) is 61.5. The summed E-state index contributed by atoms with van der Waals surface area (Å²) in [6.45, 7) is 23.4. The summed E-state index contributed by atoms with van der Waals surface area (Å²) in [5, 5.41) is 11.0. The minimum absolute atomic E-state index is 0.0132. The average Bonchev–Trinajstić information content (AvgIpc) is 3.87. The molecule has 79 heavy (non-hydrogen) atoms. The molecule has 0 aromatic heterocycles. The zero-order chi connectivity index (χ0) is 57.1. The molecular weight excluding hydrogens is 969 g/mol. The van der Waals surface area contributed by atoms with Gasteiger partial charge in [0, 0.05) is 27.4 Å². The molecule has 8 rings (SSSR count). The van der Waals surface area contributed by atoms with Crippen LogP contribution < -0.4 is 0 Å². The number of rotatable bonds is 14. The first-order valence-corrected chi connectivity index (χ1v) is 29.6. The maximum Gasteiger partial charge on any atom is 0.373 e. The summed E-state index contributed by atoms with van der Waals surface area (Å²) in [5.74, 6) is 13.9. The molecule has 1 N–H and O–H groups in total. The van der Waals surface area contributed by atoms with Crippen LogP contribution in [0, 0.1) is 56.8 Å². The summed E-state index contributed by atoms with van der Waals surface area (Å²) in [6, 6.07) is 45.0. The molecule has 5 nitrogen and oxygen atoms in total. The number of hydrogen-bond acceptors (Lipinski definition) is 5. The fourth-order valence-corrected chi connectivity index (χ4v) is 12.5. The summed E-state index contributed by atoms with van der Waals surface area (Å²) in [4.78, 5) is 26.7. The van der Waals surface area contributed by atoms with E-state index >= 15 is 0 Å². The van der Waals surface area contributed by atoms with Crippen LogP contribution in [0.4, 0.5) is 0 Å². The first-order chi connectivity index (χ1) is 38.1. The predicted molar refractivity (Wildman–Crippen MR) is 326 cm³/mol. The molecule has 0 unspecified atom stereocenters. The van der Waals surface area contributed by atoms with Crippen LogP contribution in [0.25, 0.3) is 22.3 Å². The molecule has 0 heterocycles. The minimum Gasteiger partial charge on any atom is -0.463 e. The second-order valence-corrected chi connectivity index (χ2v) is 22.9. The Morgan fingerprint density at radius 1 is 0.494 bits per heavy atom. The van der Waals surface area contributed by atoms with Crippen molar-refractivity contribution in [1.82, 2.24) is 0 Å². The number of benzene rings is 6. The molecule has 2 fully saturated rings. The van der Waals surface area contributed by atoms with E-state index in [1.165, 1.54) is 118 Å². The third kappa shape index (κ3) is 15.3. The Morgan fingerprint density at radius 3 is 1.23 bits per heavy atom. The topological polar surface area (TPSA) is 80.7 Å².